The highest BCUT2D eigenvalue weighted by atomic mass is 19.4. The second kappa shape index (κ2) is 7.67. The Bertz CT molecular complexity index is 611. The normalized spacial score (nSPS) is 13.5. The van der Waals surface area contributed by atoms with Gasteiger partial charge in [-0.15, -0.1) is 0 Å². The van der Waals surface area contributed by atoms with E-state index < -0.39 is 35.5 Å². The van der Waals surface area contributed by atoms with Gasteiger partial charge in [0.1, 0.15) is 5.82 Å². The van der Waals surface area contributed by atoms with Crippen molar-refractivity contribution in [2.45, 2.75) is 31.4 Å². The van der Waals surface area contributed by atoms with E-state index in [1.54, 1.807) is 6.92 Å². The predicted octanol–water partition coefficient (Wildman–Crippen LogP) is 1.81. The minimum atomic E-state index is -4.42. The first-order chi connectivity index (χ1) is 10.6. The highest BCUT2D eigenvalue weighted by molar-refractivity contribution is 6.57. The van der Waals surface area contributed by atoms with Gasteiger partial charge < -0.3 is 10.4 Å². The molecule has 2 N–H and O–H groups in total. The molecule has 9 heteroatoms. The molecule has 0 saturated heterocycles. The molecular formula is C14H13BF3N2O3. The molecule has 0 spiro atoms. The molecule has 1 amide bonds. The first kappa shape index (κ1) is 18.6. The number of hydrogen-bond acceptors (Lipinski definition) is 3. The van der Waals surface area contributed by atoms with Gasteiger partial charge in [0.05, 0.1) is 5.56 Å². The molecule has 0 bridgehead atoms. The number of carboxylic acid groups (broad SMARTS) is 1. The van der Waals surface area contributed by atoms with E-state index in [1.165, 1.54) is 18.1 Å². The van der Waals surface area contributed by atoms with Gasteiger partial charge in [-0.1, -0.05) is 12.1 Å². The van der Waals surface area contributed by atoms with E-state index >= 15 is 0 Å². The third kappa shape index (κ3) is 5.66. The minimum absolute atomic E-state index is 0.225. The Kier molecular flexibility index (Phi) is 6.19. The molecule has 121 valence electrons. The number of halogens is 3. The lowest BCUT2D eigenvalue weighted by atomic mass is 9.65. The van der Waals surface area contributed by atoms with Crippen LogP contribution in [0.2, 0.25) is 5.82 Å². The number of carboxylic acids is 1. The van der Waals surface area contributed by atoms with Gasteiger partial charge in [0, 0.05) is 6.04 Å². The van der Waals surface area contributed by atoms with E-state index in [9.17, 15) is 22.8 Å². The van der Waals surface area contributed by atoms with Crippen LogP contribution in [0.5, 0.6) is 0 Å². The summed E-state index contributed by atoms with van der Waals surface area (Å²) in [4.78, 5) is 22.6. The Morgan fingerprint density at radius 3 is 2.35 bits per heavy atom. The Hall–Kier alpha value is -2.50. The molecule has 1 aromatic rings. The standard InChI is InChI=1S/C14H13BF3N2O3/c1-8(20-12(21)11(13(22)23)15-7-19)6-9-2-4-10(5-3-9)14(16,17)18/h2-5,8,11H,6H2,1H3,(H,20,21)(H,22,23). The average molecular weight is 325 g/mol. The molecule has 0 heterocycles. The van der Waals surface area contributed by atoms with Crippen LogP contribution in [0.1, 0.15) is 18.1 Å². The van der Waals surface area contributed by atoms with E-state index in [0.29, 0.717) is 12.8 Å². The Morgan fingerprint density at radius 1 is 1.35 bits per heavy atom. The SMILES string of the molecule is CC(Cc1ccc(C(F)(F)F)cc1)NC(=O)C([B]C#N)C(=O)O. The number of nitriles is 1. The molecular weight excluding hydrogens is 312 g/mol. The van der Waals surface area contributed by atoms with Crippen molar-refractivity contribution in [3.05, 3.63) is 35.4 Å². The summed E-state index contributed by atoms with van der Waals surface area (Å²) in [5, 5.41) is 19.7. The number of nitrogens with one attached hydrogen (secondary N) is 1. The van der Waals surface area contributed by atoms with Crippen LogP contribution < -0.4 is 5.32 Å². The van der Waals surface area contributed by atoms with Crippen molar-refractivity contribution in [2.24, 2.45) is 0 Å². The van der Waals surface area contributed by atoms with Gasteiger partial charge in [-0.25, -0.2) is 5.26 Å². The number of carbonyl (C=O) groups excluding carboxylic acids is 1. The Morgan fingerprint density at radius 2 is 1.91 bits per heavy atom. The largest absolute Gasteiger partial charge is 0.481 e. The summed E-state index contributed by atoms with van der Waals surface area (Å²) in [6, 6.07) is 3.96. The second-order valence-electron chi connectivity index (χ2n) is 4.92. The lowest BCUT2D eigenvalue weighted by molar-refractivity contribution is -0.141. The van der Waals surface area contributed by atoms with Crippen molar-refractivity contribution in [1.29, 1.82) is 5.26 Å². The number of benzene rings is 1. The quantitative estimate of drug-likeness (QED) is 0.616. The van der Waals surface area contributed by atoms with Crippen LogP contribution in [0.25, 0.3) is 0 Å². The number of carbonyl (C=O) groups is 2. The molecule has 1 radical (unpaired) electrons. The van der Waals surface area contributed by atoms with E-state index in [0.717, 1.165) is 12.1 Å². The number of alkyl halides is 3. The summed E-state index contributed by atoms with van der Waals surface area (Å²) >= 11 is 0. The van der Waals surface area contributed by atoms with Crippen LogP contribution in [0, 0.1) is 11.2 Å². The highest BCUT2D eigenvalue weighted by Crippen LogP contribution is 2.29. The number of nitrogens with zero attached hydrogens (tertiary/aromatic N) is 1. The van der Waals surface area contributed by atoms with Crippen LogP contribution in [0.3, 0.4) is 0 Å². The zero-order valence-corrected chi connectivity index (χ0v) is 12.1. The number of rotatable bonds is 6. The van der Waals surface area contributed by atoms with Gasteiger partial charge in [-0.3, -0.25) is 9.59 Å². The molecule has 1 rings (SSSR count). The van der Waals surface area contributed by atoms with Crippen molar-refractivity contribution in [1.82, 2.24) is 5.32 Å². The molecule has 0 fully saturated rings. The first-order valence-corrected chi connectivity index (χ1v) is 6.57. The molecule has 1 aromatic carbocycles. The average Bonchev–Trinajstić information content (AvgIpc) is 2.43. The maximum atomic E-state index is 12.4. The summed E-state index contributed by atoms with van der Waals surface area (Å²) in [7, 11) is 0.697. The monoisotopic (exact) mass is 325 g/mol. The summed E-state index contributed by atoms with van der Waals surface area (Å²) in [5.41, 5.74) is -0.213. The second-order valence-corrected chi connectivity index (χ2v) is 4.92. The van der Waals surface area contributed by atoms with Crippen LogP contribution >= 0.6 is 0 Å². The van der Waals surface area contributed by atoms with Crippen molar-refractivity contribution in [3.8, 4) is 5.97 Å². The highest BCUT2D eigenvalue weighted by Gasteiger charge is 2.30. The molecule has 5 nitrogen and oxygen atoms in total. The van der Waals surface area contributed by atoms with Gasteiger partial charge in [0.25, 0.3) is 7.28 Å². The van der Waals surface area contributed by atoms with Crippen LogP contribution in [0.15, 0.2) is 24.3 Å². The fraction of sp³-hybridized carbons (Fsp3) is 0.357. The van der Waals surface area contributed by atoms with Crippen molar-refractivity contribution >= 4 is 19.2 Å². The maximum Gasteiger partial charge on any atom is 0.416 e. The summed E-state index contributed by atoms with van der Waals surface area (Å²) in [5.74, 6) is -2.39. The van der Waals surface area contributed by atoms with Gasteiger partial charge in [-0.2, -0.15) is 13.2 Å². The molecule has 0 aliphatic carbocycles. The van der Waals surface area contributed by atoms with E-state index in [-0.39, 0.29) is 6.42 Å². The summed E-state index contributed by atoms with van der Waals surface area (Å²) in [6.45, 7) is 1.58. The minimum Gasteiger partial charge on any atom is -0.481 e. The lowest BCUT2D eigenvalue weighted by Gasteiger charge is -2.16. The van der Waals surface area contributed by atoms with E-state index in [4.69, 9.17) is 10.4 Å². The van der Waals surface area contributed by atoms with Gasteiger partial charge in [-0.05, 0) is 37.0 Å². The van der Waals surface area contributed by atoms with E-state index in [1.807, 2.05) is 0 Å². The van der Waals surface area contributed by atoms with Crippen LogP contribution in [0.4, 0.5) is 13.2 Å². The lowest BCUT2D eigenvalue weighted by Crippen LogP contribution is -2.40. The van der Waals surface area contributed by atoms with Gasteiger partial charge >= 0.3 is 12.1 Å². The molecule has 0 saturated carbocycles. The maximum absolute atomic E-state index is 12.4. The smallest absolute Gasteiger partial charge is 0.416 e. The number of hydrogen-bond donors (Lipinski definition) is 2. The third-order valence-corrected chi connectivity index (χ3v) is 3.00. The van der Waals surface area contributed by atoms with Gasteiger partial charge in [0.15, 0.2) is 0 Å². The van der Waals surface area contributed by atoms with Crippen LogP contribution in [-0.4, -0.2) is 30.3 Å². The molecule has 2 atom stereocenters. The summed E-state index contributed by atoms with van der Waals surface area (Å²) in [6.07, 6.45) is -4.19. The molecule has 0 aromatic heterocycles. The Balaban J connectivity index is 2.66. The van der Waals surface area contributed by atoms with Crippen molar-refractivity contribution in [2.75, 3.05) is 0 Å². The van der Waals surface area contributed by atoms with E-state index in [2.05, 4.69) is 5.32 Å². The topological polar surface area (TPSA) is 90.2 Å². The fourth-order valence-corrected chi connectivity index (χ4v) is 1.90. The van der Waals surface area contributed by atoms with Crippen molar-refractivity contribution in [3.63, 3.8) is 0 Å². The first-order valence-electron chi connectivity index (χ1n) is 6.57. The predicted molar refractivity (Wildman–Crippen MR) is 75.5 cm³/mol. The number of aliphatic carboxylic acids is 1. The summed E-state index contributed by atoms with van der Waals surface area (Å²) < 4.78 is 37.3. The molecule has 2 unspecified atom stereocenters. The Labute approximate surface area is 131 Å². The molecule has 23 heavy (non-hydrogen) atoms. The zero-order chi connectivity index (χ0) is 17.6. The zero-order valence-electron chi connectivity index (χ0n) is 12.1. The van der Waals surface area contributed by atoms with Crippen molar-refractivity contribution < 1.29 is 27.9 Å². The fourth-order valence-electron chi connectivity index (χ4n) is 1.90. The molecule has 0 aliphatic rings. The number of amides is 1. The third-order valence-electron chi connectivity index (χ3n) is 3.00. The van der Waals surface area contributed by atoms with Crippen LogP contribution in [-0.2, 0) is 22.2 Å². The molecule has 0 aliphatic heterocycles. The van der Waals surface area contributed by atoms with Gasteiger partial charge in [0.2, 0.25) is 5.91 Å².